The number of urea groups is 1. The summed E-state index contributed by atoms with van der Waals surface area (Å²) in [5, 5.41) is 12.0. The highest BCUT2D eigenvalue weighted by Gasteiger charge is 2.23. The molecule has 1 fully saturated rings. The molecule has 1 heterocycles. The third kappa shape index (κ3) is 4.56. The third-order valence-corrected chi connectivity index (χ3v) is 3.90. The van der Waals surface area contributed by atoms with Crippen LogP contribution >= 0.6 is 0 Å². The second-order valence-electron chi connectivity index (χ2n) is 6.16. The monoisotopic (exact) mass is 343 g/mol. The van der Waals surface area contributed by atoms with Gasteiger partial charge < -0.3 is 20.5 Å². The fourth-order valence-corrected chi connectivity index (χ4v) is 2.32. The molecule has 0 saturated heterocycles. The lowest BCUT2D eigenvalue weighted by Crippen LogP contribution is -2.43. The lowest BCUT2D eigenvalue weighted by atomic mass is 10.1. The molecule has 0 bridgehead atoms. The molecule has 0 radical (unpaired) electrons. The van der Waals surface area contributed by atoms with Gasteiger partial charge in [-0.1, -0.05) is 29.4 Å². The van der Waals surface area contributed by atoms with E-state index in [1.54, 1.807) is 6.92 Å². The fourth-order valence-electron chi connectivity index (χ4n) is 2.32. The van der Waals surface area contributed by atoms with Gasteiger partial charge in [0.15, 0.2) is 0 Å². The Balaban J connectivity index is 1.52. The molecule has 3 rings (SSSR count). The van der Waals surface area contributed by atoms with E-state index in [2.05, 4.69) is 26.1 Å². The summed E-state index contributed by atoms with van der Waals surface area (Å²) in [6.45, 7) is 3.64. The van der Waals surface area contributed by atoms with E-state index in [0.29, 0.717) is 11.7 Å². The Morgan fingerprint density at radius 2 is 2.08 bits per heavy atom. The molecule has 1 aliphatic rings. The van der Waals surface area contributed by atoms with E-state index in [4.69, 9.17) is 4.52 Å². The average Bonchev–Trinajstić information content (AvgIpc) is 3.25. The van der Waals surface area contributed by atoms with Crippen molar-refractivity contribution < 1.29 is 14.1 Å². The maximum atomic E-state index is 11.9. The second-order valence-corrected chi connectivity index (χ2v) is 6.16. The zero-order valence-electron chi connectivity index (χ0n) is 14.2. The quantitative estimate of drug-likeness (QED) is 0.739. The molecule has 8 nitrogen and oxygen atoms in total. The van der Waals surface area contributed by atoms with Gasteiger partial charge in [-0.2, -0.15) is 4.98 Å². The molecule has 1 aliphatic carbocycles. The van der Waals surface area contributed by atoms with E-state index in [9.17, 15) is 9.59 Å². The molecular weight excluding hydrogens is 322 g/mol. The zero-order chi connectivity index (χ0) is 17.8. The standard InChI is InChI=1S/C17H21N5O3/c1-10-5-3-4-6-13(10)15-21-16(25-22-15)11(2)19-17(24)18-9-14(23)20-12-7-8-12/h3-6,11-12H,7-9H2,1-2H3,(H,20,23)(H2,18,19,24)/t11-/m1/s1. The van der Waals surface area contributed by atoms with Gasteiger partial charge in [-0.25, -0.2) is 4.79 Å². The molecular formula is C17H21N5O3. The SMILES string of the molecule is Cc1ccccc1-c1noc([C@@H](C)NC(=O)NCC(=O)NC2CC2)n1. The third-order valence-electron chi connectivity index (χ3n) is 3.90. The van der Waals surface area contributed by atoms with E-state index < -0.39 is 12.1 Å². The first-order valence-corrected chi connectivity index (χ1v) is 8.26. The van der Waals surface area contributed by atoms with Crippen molar-refractivity contribution in [2.75, 3.05) is 6.54 Å². The van der Waals surface area contributed by atoms with E-state index >= 15 is 0 Å². The van der Waals surface area contributed by atoms with E-state index in [0.717, 1.165) is 24.0 Å². The first-order chi connectivity index (χ1) is 12.0. The number of aryl methyl sites for hydroxylation is 1. The molecule has 3 amide bonds. The average molecular weight is 343 g/mol. The molecule has 1 atom stereocenters. The van der Waals surface area contributed by atoms with Crippen LogP contribution in [0, 0.1) is 6.92 Å². The number of rotatable bonds is 6. The normalized spacial score (nSPS) is 14.6. The summed E-state index contributed by atoms with van der Waals surface area (Å²) >= 11 is 0. The summed E-state index contributed by atoms with van der Waals surface area (Å²) < 4.78 is 5.24. The van der Waals surface area contributed by atoms with Crippen LogP contribution in [0.1, 0.15) is 37.3 Å². The largest absolute Gasteiger partial charge is 0.352 e. The van der Waals surface area contributed by atoms with Crippen molar-refractivity contribution in [2.24, 2.45) is 0 Å². The van der Waals surface area contributed by atoms with Gasteiger partial charge >= 0.3 is 6.03 Å². The smallest absolute Gasteiger partial charge is 0.315 e. The topological polar surface area (TPSA) is 109 Å². The van der Waals surface area contributed by atoms with E-state index in [-0.39, 0.29) is 18.5 Å². The Kier molecular flexibility index (Phi) is 4.97. The number of hydrogen-bond acceptors (Lipinski definition) is 5. The summed E-state index contributed by atoms with van der Waals surface area (Å²) in [6.07, 6.45) is 2.02. The van der Waals surface area contributed by atoms with Crippen LogP contribution in [0.15, 0.2) is 28.8 Å². The Morgan fingerprint density at radius 1 is 1.32 bits per heavy atom. The Bertz CT molecular complexity index is 769. The minimum absolute atomic E-state index is 0.0622. The van der Waals surface area contributed by atoms with Gasteiger partial charge in [0.25, 0.3) is 0 Å². The van der Waals surface area contributed by atoms with Gasteiger partial charge in [0, 0.05) is 11.6 Å². The zero-order valence-corrected chi connectivity index (χ0v) is 14.2. The summed E-state index contributed by atoms with van der Waals surface area (Å²) in [4.78, 5) is 27.8. The number of carbonyl (C=O) groups is 2. The number of hydrogen-bond donors (Lipinski definition) is 3. The molecule has 0 aliphatic heterocycles. The number of benzene rings is 1. The highest BCUT2D eigenvalue weighted by molar-refractivity contribution is 5.84. The van der Waals surface area contributed by atoms with Crippen LogP contribution in [-0.2, 0) is 4.79 Å². The van der Waals surface area contributed by atoms with Gasteiger partial charge in [-0.15, -0.1) is 0 Å². The van der Waals surface area contributed by atoms with E-state index in [1.807, 2.05) is 31.2 Å². The predicted octanol–water partition coefficient (Wildman–Crippen LogP) is 1.68. The number of amides is 3. The summed E-state index contributed by atoms with van der Waals surface area (Å²) in [7, 11) is 0. The fraction of sp³-hybridized carbons (Fsp3) is 0.412. The molecule has 1 aromatic carbocycles. The van der Waals surface area contributed by atoms with Crippen LogP contribution in [0.4, 0.5) is 4.79 Å². The Morgan fingerprint density at radius 3 is 2.80 bits per heavy atom. The molecule has 1 saturated carbocycles. The molecule has 0 spiro atoms. The van der Waals surface area contributed by atoms with Gasteiger partial charge in [0.05, 0.1) is 6.54 Å². The van der Waals surface area contributed by atoms with Gasteiger partial charge in [-0.05, 0) is 32.3 Å². The second kappa shape index (κ2) is 7.33. The molecule has 25 heavy (non-hydrogen) atoms. The van der Waals surface area contributed by atoms with Crippen molar-refractivity contribution in [3.63, 3.8) is 0 Å². The van der Waals surface area contributed by atoms with Crippen molar-refractivity contribution in [3.05, 3.63) is 35.7 Å². The highest BCUT2D eigenvalue weighted by Crippen LogP contribution is 2.21. The first kappa shape index (κ1) is 16.9. The van der Waals surface area contributed by atoms with Gasteiger partial charge in [-0.3, -0.25) is 4.79 Å². The van der Waals surface area contributed by atoms with Crippen LogP contribution in [0.5, 0.6) is 0 Å². The Hall–Kier alpha value is -2.90. The number of nitrogens with one attached hydrogen (secondary N) is 3. The molecule has 132 valence electrons. The van der Waals surface area contributed by atoms with Crippen LogP contribution in [0.2, 0.25) is 0 Å². The van der Waals surface area contributed by atoms with Crippen molar-refractivity contribution in [3.8, 4) is 11.4 Å². The molecule has 1 aromatic heterocycles. The maximum absolute atomic E-state index is 11.9. The van der Waals surface area contributed by atoms with Crippen molar-refractivity contribution in [1.82, 2.24) is 26.1 Å². The lowest BCUT2D eigenvalue weighted by Gasteiger charge is -2.11. The number of aromatic nitrogens is 2. The minimum atomic E-state index is -0.475. The van der Waals surface area contributed by atoms with Gasteiger partial charge in [0.2, 0.25) is 17.6 Å². The van der Waals surface area contributed by atoms with Crippen LogP contribution < -0.4 is 16.0 Å². The van der Waals surface area contributed by atoms with Crippen molar-refractivity contribution >= 4 is 11.9 Å². The summed E-state index contributed by atoms with van der Waals surface area (Å²) in [6, 6.07) is 7.05. The van der Waals surface area contributed by atoms with Crippen LogP contribution in [0.3, 0.4) is 0 Å². The first-order valence-electron chi connectivity index (χ1n) is 8.26. The summed E-state index contributed by atoms with van der Waals surface area (Å²) in [5.74, 6) is 0.590. The minimum Gasteiger partial charge on any atom is -0.352 e. The summed E-state index contributed by atoms with van der Waals surface area (Å²) in [5.41, 5.74) is 1.92. The molecule has 0 unspecified atom stereocenters. The number of nitrogens with zero attached hydrogens (tertiary/aromatic N) is 2. The molecule has 2 aromatic rings. The van der Waals surface area contributed by atoms with Crippen LogP contribution in [0.25, 0.3) is 11.4 Å². The lowest BCUT2D eigenvalue weighted by molar-refractivity contribution is -0.120. The van der Waals surface area contributed by atoms with Crippen LogP contribution in [-0.4, -0.2) is 34.7 Å². The predicted molar refractivity (Wildman–Crippen MR) is 90.6 cm³/mol. The number of carbonyl (C=O) groups excluding carboxylic acids is 2. The highest BCUT2D eigenvalue weighted by atomic mass is 16.5. The maximum Gasteiger partial charge on any atom is 0.315 e. The molecule has 8 heteroatoms. The van der Waals surface area contributed by atoms with E-state index in [1.165, 1.54) is 0 Å². The van der Waals surface area contributed by atoms with Crippen molar-refractivity contribution in [1.29, 1.82) is 0 Å². The molecule has 3 N–H and O–H groups in total. The Labute approximate surface area is 145 Å². The van der Waals surface area contributed by atoms with Gasteiger partial charge in [0.1, 0.15) is 6.04 Å². The van der Waals surface area contributed by atoms with Crippen molar-refractivity contribution in [2.45, 2.75) is 38.8 Å².